The highest BCUT2D eigenvalue weighted by Gasteiger charge is 2.29. The minimum absolute atomic E-state index is 0.0491. The quantitative estimate of drug-likeness (QED) is 0.602. The van der Waals surface area contributed by atoms with E-state index in [-0.39, 0.29) is 23.8 Å². The molecule has 0 aliphatic heterocycles. The second-order valence-electron chi connectivity index (χ2n) is 7.64. The fourth-order valence-corrected chi connectivity index (χ4v) is 4.06. The van der Waals surface area contributed by atoms with Crippen molar-refractivity contribution in [1.82, 2.24) is 15.1 Å². The largest absolute Gasteiger partial charge is 0.369 e. The van der Waals surface area contributed by atoms with Crippen LogP contribution in [-0.4, -0.2) is 41.1 Å². The summed E-state index contributed by atoms with van der Waals surface area (Å²) >= 11 is 6.62. The molecule has 3 rings (SSSR count). The molecule has 0 bridgehead atoms. The monoisotopic (exact) mass is 398 g/mol. The van der Waals surface area contributed by atoms with Gasteiger partial charge < -0.3 is 10.6 Å². The van der Waals surface area contributed by atoms with E-state index < -0.39 is 0 Å². The summed E-state index contributed by atoms with van der Waals surface area (Å²) in [5, 5.41) is 8.63. The zero-order valence-electron chi connectivity index (χ0n) is 16.5. The van der Waals surface area contributed by atoms with Crippen molar-refractivity contribution in [3.63, 3.8) is 0 Å². The predicted molar refractivity (Wildman–Crippen MR) is 114 cm³/mol. The van der Waals surface area contributed by atoms with Crippen molar-refractivity contribution in [3.8, 4) is 0 Å². The van der Waals surface area contributed by atoms with Crippen molar-refractivity contribution in [2.24, 2.45) is 11.7 Å². The molecule has 3 aromatic rings. The molecule has 2 aromatic carbocycles. The van der Waals surface area contributed by atoms with Crippen molar-refractivity contribution in [2.45, 2.75) is 31.7 Å². The van der Waals surface area contributed by atoms with Gasteiger partial charge in [0.05, 0.1) is 16.7 Å². The van der Waals surface area contributed by atoms with Crippen LogP contribution in [0.4, 0.5) is 0 Å². The summed E-state index contributed by atoms with van der Waals surface area (Å²) in [5.41, 5.74) is 8.90. The first kappa shape index (κ1) is 20.4. The minimum Gasteiger partial charge on any atom is -0.369 e. The van der Waals surface area contributed by atoms with Gasteiger partial charge in [0.1, 0.15) is 0 Å². The van der Waals surface area contributed by atoms with Gasteiger partial charge in [0.15, 0.2) is 0 Å². The van der Waals surface area contributed by atoms with Gasteiger partial charge in [-0.05, 0) is 50.0 Å². The van der Waals surface area contributed by atoms with Gasteiger partial charge in [-0.3, -0.25) is 9.89 Å². The number of fused-ring (bicyclic) bond motifs is 1. The van der Waals surface area contributed by atoms with E-state index in [1.54, 1.807) is 6.20 Å². The molecule has 0 aliphatic rings. The highest BCUT2D eigenvalue weighted by molar-refractivity contribution is 6.36. The number of aromatic amines is 1. The maximum Gasteiger partial charge on any atom is 0.221 e. The Balaban J connectivity index is 1.84. The van der Waals surface area contributed by atoms with Gasteiger partial charge in [-0.25, -0.2) is 0 Å². The molecule has 148 valence electrons. The molecule has 1 amide bonds. The summed E-state index contributed by atoms with van der Waals surface area (Å²) in [6.45, 7) is 2.07. The Kier molecular flexibility index (Phi) is 6.37. The van der Waals surface area contributed by atoms with Crippen LogP contribution < -0.4 is 5.73 Å². The molecule has 0 aliphatic carbocycles. The molecule has 3 N–H and O–H groups in total. The van der Waals surface area contributed by atoms with Crippen LogP contribution in [0.2, 0.25) is 5.02 Å². The van der Waals surface area contributed by atoms with Crippen molar-refractivity contribution >= 4 is 28.4 Å². The number of carbonyl (C=O) groups is 1. The molecular formula is C22H27ClN4O. The fraction of sp³-hybridized carbons (Fsp3) is 0.364. The Bertz CT molecular complexity index is 938. The number of likely N-dealkylation sites (N-methyl/N-ethyl adjacent to an activating group) is 1. The number of nitrogens with one attached hydrogen (secondary N) is 1. The number of primary amides is 1. The molecule has 1 heterocycles. The zero-order valence-corrected chi connectivity index (χ0v) is 17.3. The SMILES string of the molecule is CC(c1ccccc1)C(C[C@@H](Cc1ccc2[nH]ncc2c1Cl)N(C)C)C(N)=O. The number of nitrogens with two attached hydrogens (primary N) is 1. The summed E-state index contributed by atoms with van der Waals surface area (Å²) in [5.74, 6) is -0.473. The lowest BCUT2D eigenvalue weighted by Crippen LogP contribution is -2.38. The van der Waals surface area contributed by atoms with Crippen LogP contribution in [0, 0.1) is 5.92 Å². The van der Waals surface area contributed by atoms with E-state index in [9.17, 15) is 4.79 Å². The molecule has 28 heavy (non-hydrogen) atoms. The lowest BCUT2D eigenvalue weighted by molar-refractivity contribution is -0.123. The molecule has 3 atom stereocenters. The van der Waals surface area contributed by atoms with Gasteiger partial charge in [0, 0.05) is 17.3 Å². The highest BCUT2D eigenvalue weighted by atomic mass is 35.5. The number of hydrogen-bond acceptors (Lipinski definition) is 3. The molecular weight excluding hydrogens is 372 g/mol. The average Bonchev–Trinajstić information content (AvgIpc) is 3.16. The summed E-state index contributed by atoms with van der Waals surface area (Å²) < 4.78 is 0. The number of amides is 1. The number of aromatic nitrogens is 2. The van der Waals surface area contributed by atoms with Gasteiger partial charge in [-0.15, -0.1) is 0 Å². The highest BCUT2D eigenvalue weighted by Crippen LogP contribution is 2.32. The number of benzene rings is 2. The smallest absolute Gasteiger partial charge is 0.221 e. The van der Waals surface area contributed by atoms with E-state index in [2.05, 4.69) is 34.2 Å². The van der Waals surface area contributed by atoms with Gasteiger partial charge in [0.2, 0.25) is 5.91 Å². The lowest BCUT2D eigenvalue weighted by Gasteiger charge is -2.30. The van der Waals surface area contributed by atoms with Crippen molar-refractivity contribution in [1.29, 1.82) is 0 Å². The first-order valence-electron chi connectivity index (χ1n) is 9.49. The molecule has 0 spiro atoms. The first-order valence-corrected chi connectivity index (χ1v) is 9.87. The van der Waals surface area contributed by atoms with E-state index in [4.69, 9.17) is 17.3 Å². The predicted octanol–water partition coefficient (Wildman–Crippen LogP) is 3.98. The third-order valence-corrected chi connectivity index (χ3v) is 6.09. The van der Waals surface area contributed by atoms with E-state index >= 15 is 0 Å². The normalized spacial score (nSPS) is 14.9. The van der Waals surface area contributed by atoms with Crippen molar-refractivity contribution < 1.29 is 4.79 Å². The van der Waals surface area contributed by atoms with Crippen LogP contribution in [0.1, 0.15) is 30.4 Å². The molecule has 5 nitrogen and oxygen atoms in total. The summed E-state index contributed by atoms with van der Waals surface area (Å²) in [7, 11) is 4.06. The number of H-pyrrole nitrogens is 1. The topological polar surface area (TPSA) is 75.0 Å². The standard InChI is InChI=1S/C22H27ClN4O/c1-14(15-7-5-4-6-8-15)18(22(24)28)12-17(27(2)3)11-16-9-10-20-19(21(16)23)13-25-26-20/h4-10,13-14,17-18H,11-12H2,1-3H3,(H2,24,28)(H,25,26)/t14?,17-,18?/m1/s1. The Morgan fingerprint density at radius 2 is 1.93 bits per heavy atom. The second-order valence-corrected chi connectivity index (χ2v) is 8.01. The van der Waals surface area contributed by atoms with Gasteiger partial charge in [0.25, 0.3) is 0 Å². The maximum absolute atomic E-state index is 12.3. The van der Waals surface area contributed by atoms with E-state index in [0.717, 1.165) is 28.5 Å². The Morgan fingerprint density at radius 1 is 1.21 bits per heavy atom. The Hall–Kier alpha value is -2.37. The zero-order chi connectivity index (χ0) is 20.3. The molecule has 1 aromatic heterocycles. The van der Waals surface area contributed by atoms with Crippen LogP contribution >= 0.6 is 11.6 Å². The molecule has 0 radical (unpaired) electrons. The number of nitrogens with zero attached hydrogens (tertiary/aromatic N) is 2. The molecule has 0 saturated carbocycles. The third-order valence-electron chi connectivity index (χ3n) is 5.64. The minimum atomic E-state index is -0.264. The van der Waals surface area contributed by atoms with Gasteiger partial charge in [-0.2, -0.15) is 5.10 Å². The van der Waals surface area contributed by atoms with Crippen molar-refractivity contribution in [3.05, 3.63) is 64.8 Å². The van der Waals surface area contributed by atoms with Crippen LogP contribution in [-0.2, 0) is 11.2 Å². The first-order chi connectivity index (χ1) is 13.4. The van der Waals surface area contributed by atoms with Crippen LogP contribution in [0.15, 0.2) is 48.7 Å². The summed E-state index contributed by atoms with van der Waals surface area (Å²) in [6, 6.07) is 14.2. The lowest BCUT2D eigenvalue weighted by atomic mass is 9.81. The molecule has 0 saturated heterocycles. The Morgan fingerprint density at radius 3 is 2.57 bits per heavy atom. The number of rotatable bonds is 8. The summed E-state index contributed by atoms with van der Waals surface area (Å²) in [4.78, 5) is 14.4. The van der Waals surface area contributed by atoms with Crippen molar-refractivity contribution in [2.75, 3.05) is 14.1 Å². The fourth-order valence-electron chi connectivity index (χ4n) is 3.77. The van der Waals surface area contributed by atoms with Crippen LogP contribution in [0.5, 0.6) is 0 Å². The molecule has 6 heteroatoms. The maximum atomic E-state index is 12.3. The van der Waals surface area contributed by atoms with E-state index in [1.807, 2.05) is 44.4 Å². The Labute approximate surface area is 170 Å². The number of halogens is 1. The third kappa shape index (κ3) is 4.37. The number of carbonyl (C=O) groups excluding carboxylic acids is 1. The summed E-state index contributed by atoms with van der Waals surface area (Å²) in [6.07, 6.45) is 3.14. The average molecular weight is 399 g/mol. The second kappa shape index (κ2) is 8.76. The molecule has 0 fully saturated rings. The van der Waals surface area contributed by atoms with Crippen LogP contribution in [0.25, 0.3) is 10.9 Å². The van der Waals surface area contributed by atoms with Crippen LogP contribution in [0.3, 0.4) is 0 Å². The number of hydrogen-bond donors (Lipinski definition) is 2. The van der Waals surface area contributed by atoms with E-state index in [1.165, 1.54) is 0 Å². The van der Waals surface area contributed by atoms with E-state index in [0.29, 0.717) is 11.4 Å². The molecule has 2 unspecified atom stereocenters. The van der Waals surface area contributed by atoms with Gasteiger partial charge in [-0.1, -0.05) is 54.9 Å². The van der Waals surface area contributed by atoms with Gasteiger partial charge >= 0.3 is 0 Å².